The molecule has 0 aromatic carbocycles. The Hall–Kier alpha value is -1.78. The van der Waals surface area contributed by atoms with Crippen LogP contribution in [0, 0.1) is 12.3 Å². The number of carbonyl (C=O) groups excluding carboxylic acids is 2. The second-order valence-corrected chi connectivity index (χ2v) is 7.41. The van der Waals surface area contributed by atoms with Crippen LogP contribution in [0.2, 0.25) is 0 Å². The van der Waals surface area contributed by atoms with Gasteiger partial charge in [-0.2, -0.15) is 0 Å². The molecular formula is C20H33IN4O4. The van der Waals surface area contributed by atoms with Crippen molar-refractivity contribution in [2.75, 3.05) is 34.3 Å². The molecule has 1 amide bonds. The summed E-state index contributed by atoms with van der Waals surface area (Å²) in [6, 6.07) is 1.66. The summed E-state index contributed by atoms with van der Waals surface area (Å²) in [6.07, 6.45) is 3.90. The van der Waals surface area contributed by atoms with Gasteiger partial charge in [0.05, 0.1) is 12.5 Å². The van der Waals surface area contributed by atoms with Gasteiger partial charge >= 0.3 is 5.97 Å². The lowest BCUT2D eigenvalue weighted by atomic mass is 9.84. The topological polar surface area (TPSA) is 96.2 Å². The van der Waals surface area contributed by atoms with Crippen LogP contribution in [0.25, 0.3) is 0 Å². The third-order valence-corrected chi connectivity index (χ3v) is 5.13. The number of hydrogen-bond acceptors (Lipinski definition) is 5. The van der Waals surface area contributed by atoms with Crippen molar-refractivity contribution in [1.82, 2.24) is 15.5 Å². The maximum atomic E-state index is 12.7. The molecule has 1 saturated carbocycles. The van der Waals surface area contributed by atoms with Crippen molar-refractivity contribution >= 4 is 41.8 Å². The van der Waals surface area contributed by atoms with Gasteiger partial charge in [-0.05, 0) is 32.8 Å². The number of carbonyl (C=O) groups is 2. The van der Waals surface area contributed by atoms with Gasteiger partial charge in [0.25, 0.3) is 0 Å². The maximum absolute atomic E-state index is 12.7. The van der Waals surface area contributed by atoms with Crippen LogP contribution in [-0.4, -0.2) is 57.0 Å². The van der Waals surface area contributed by atoms with Gasteiger partial charge in [0.1, 0.15) is 23.6 Å². The Labute approximate surface area is 189 Å². The van der Waals surface area contributed by atoms with E-state index in [2.05, 4.69) is 15.6 Å². The molecule has 0 spiro atoms. The van der Waals surface area contributed by atoms with Gasteiger partial charge in [0.15, 0.2) is 5.96 Å². The average molecular weight is 520 g/mol. The minimum Gasteiger partial charge on any atom is -0.465 e. The number of nitrogens with one attached hydrogen (secondary N) is 2. The number of methoxy groups -OCH3 is 1. The molecule has 0 aliphatic heterocycles. The Bertz CT molecular complexity index is 724. The third-order valence-electron chi connectivity index (χ3n) is 5.13. The molecule has 1 aromatic rings. The molecule has 8 nitrogen and oxygen atoms in total. The van der Waals surface area contributed by atoms with Crippen molar-refractivity contribution < 1.29 is 18.7 Å². The molecule has 29 heavy (non-hydrogen) atoms. The summed E-state index contributed by atoms with van der Waals surface area (Å²) in [7, 11) is 4.95. The van der Waals surface area contributed by atoms with Crippen molar-refractivity contribution in [2.24, 2.45) is 10.4 Å². The van der Waals surface area contributed by atoms with E-state index in [0.717, 1.165) is 25.7 Å². The number of ether oxygens (including phenoxy) is 1. The highest BCUT2D eigenvalue weighted by molar-refractivity contribution is 14.0. The molecule has 1 aromatic heterocycles. The quantitative estimate of drug-likeness (QED) is 0.249. The lowest BCUT2D eigenvalue weighted by Gasteiger charge is -2.31. The Morgan fingerprint density at radius 1 is 1.28 bits per heavy atom. The Morgan fingerprint density at radius 2 is 1.93 bits per heavy atom. The van der Waals surface area contributed by atoms with Gasteiger partial charge in [-0.25, -0.2) is 9.79 Å². The van der Waals surface area contributed by atoms with Crippen LogP contribution in [0.15, 0.2) is 15.5 Å². The van der Waals surface area contributed by atoms with E-state index in [1.807, 2.05) is 6.92 Å². The largest absolute Gasteiger partial charge is 0.465 e. The highest BCUT2D eigenvalue weighted by atomic mass is 127. The fourth-order valence-electron chi connectivity index (χ4n) is 3.68. The first-order valence-electron chi connectivity index (χ1n) is 9.74. The number of guanidine groups is 1. The van der Waals surface area contributed by atoms with E-state index in [1.54, 1.807) is 32.0 Å². The van der Waals surface area contributed by atoms with Crippen molar-refractivity contribution in [3.8, 4) is 0 Å². The molecule has 1 aliphatic carbocycles. The van der Waals surface area contributed by atoms with Crippen LogP contribution in [0.3, 0.4) is 0 Å². The Kier molecular flexibility index (Phi) is 9.94. The number of furan rings is 1. The summed E-state index contributed by atoms with van der Waals surface area (Å²) in [4.78, 5) is 30.7. The Morgan fingerprint density at radius 3 is 2.48 bits per heavy atom. The average Bonchev–Trinajstić information content (AvgIpc) is 3.30. The van der Waals surface area contributed by atoms with Gasteiger partial charge in [0, 0.05) is 27.2 Å². The second-order valence-electron chi connectivity index (χ2n) is 7.41. The number of aryl methyl sites for hydroxylation is 1. The molecule has 0 atom stereocenters. The number of nitrogens with zero attached hydrogens (tertiary/aromatic N) is 2. The molecule has 9 heteroatoms. The van der Waals surface area contributed by atoms with Gasteiger partial charge < -0.3 is 24.7 Å². The second kappa shape index (κ2) is 11.4. The summed E-state index contributed by atoms with van der Waals surface area (Å²) >= 11 is 0. The fourth-order valence-corrected chi connectivity index (χ4v) is 3.68. The molecule has 0 bridgehead atoms. The summed E-state index contributed by atoms with van der Waals surface area (Å²) in [6.45, 7) is 5.23. The third kappa shape index (κ3) is 6.35. The zero-order chi connectivity index (χ0) is 20.7. The molecular weight excluding hydrogens is 487 g/mol. The maximum Gasteiger partial charge on any atom is 0.341 e. The molecule has 1 heterocycles. The summed E-state index contributed by atoms with van der Waals surface area (Å²) < 4.78 is 10.4. The van der Waals surface area contributed by atoms with Crippen LogP contribution in [0.1, 0.15) is 54.5 Å². The molecule has 2 rings (SSSR count). The number of rotatable bonds is 7. The number of hydrogen-bond donors (Lipinski definition) is 2. The monoisotopic (exact) mass is 520 g/mol. The number of aliphatic imine (C=N–C) groups is 1. The van der Waals surface area contributed by atoms with Gasteiger partial charge in [-0.15, -0.1) is 24.0 Å². The summed E-state index contributed by atoms with van der Waals surface area (Å²) in [5, 5.41) is 6.52. The van der Waals surface area contributed by atoms with E-state index in [4.69, 9.17) is 9.15 Å². The van der Waals surface area contributed by atoms with Crippen molar-refractivity contribution in [3.05, 3.63) is 23.2 Å². The molecule has 164 valence electrons. The smallest absolute Gasteiger partial charge is 0.341 e. The molecule has 0 unspecified atom stereocenters. The van der Waals surface area contributed by atoms with Crippen LogP contribution in [0.4, 0.5) is 0 Å². The van der Waals surface area contributed by atoms with Crippen LogP contribution in [0.5, 0.6) is 0 Å². The molecule has 2 N–H and O–H groups in total. The van der Waals surface area contributed by atoms with E-state index < -0.39 is 5.97 Å². The van der Waals surface area contributed by atoms with Gasteiger partial charge in [0.2, 0.25) is 5.91 Å². The fraction of sp³-hybridized carbons (Fsp3) is 0.650. The van der Waals surface area contributed by atoms with E-state index >= 15 is 0 Å². The lowest BCUT2D eigenvalue weighted by Crippen LogP contribution is -2.49. The normalized spacial score (nSPS) is 15.4. The molecule has 1 aliphatic rings. The predicted molar refractivity (Wildman–Crippen MR) is 123 cm³/mol. The Balaban J connectivity index is 0.00000420. The van der Waals surface area contributed by atoms with E-state index in [-0.39, 0.29) is 41.8 Å². The standard InChI is InChI=1S/C20H32N4O4.HI/c1-6-21-19(22-12-15-11-16(14(2)28-15)17(25)27-5)23-13-20(9-7-8-10-20)18(26)24(3)4;/h11H,6-10,12-13H2,1-5H3,(H2,21,22,23);1H. The molecule has 0 radical (unpaired) electrons. The summed E-state index contributed by atoms with van der Waals surface area (Å²) in [5.41, 5.74) is 0.0334. The van der Waals surface area contributed by atoms with E-state index in [0.29, 0.717) is 36.1 Å². The van der Waals surface area contributed by atoms with Crippen LogP contribution in [-0.2, 0) is 16.1 Å². The van der Waals surface area contributed by atoms with Crippen molar-refractivity contribution in [1.29, 1.82) is 0 Å². The number of halogens is 1. The molecule has 0 saturated heterocycles. The van der Waals surface area contributed by atoms with Gasteiger partial charge in [-0.1, -0.05) is 12.8 Å². The first-order valence-corrected chi connectivity index (χ1v) is 9.74. The predicted octanol–water partition coefficient (Wildman–Crippen LogP) is 2.70. The van der Waals surface area contributed by atoms with E-state index in [9.17, 15) is 9.59 Å². The minimum absolute atomic E-state index is 0. The number of esters is 1. The van der Waals surface area contributed by atoms with Crippen LogP contribution < -0.4 is 10.6 Å². The number of amides is 1. The zero-order valence-corrected chi connectivity index (χ0v) is 20.3. The lowest BCUT2D eigenvalue weighted by molar-refractivity contribution is -0.138. The van der Waals surface area contributed by atoms with Crippen LogP contribution >= 0.6 is 24.0 Å². The van der Waals surface area contributed by atoms with Crippen molar-refractivity contribution in [3.63, 3.8) is 0 Å². The first kappa shape index (κ1) is 25.3. The van der Waals surface area contributed by atoms with Crippen molar-refractivity contribution in [2.45, 2.75) is 46.1 Å². The summed E-state index contributed by atoms with van der Waals surface area (Å²) in [5.74, 6) is 1.45. The molecule has 1 fully saturated rings. The van der Waals surface area contributed by atoms with E-state index in [1.165, 1.54) is 7.11 Å². The first-order chi connectivity index (χ1) is 13.3. The highest BCUT2D eigenvalue weighted by Crippen LogP contribution is 2.38. The minimum atomic E-state index is -0.424. The zero-order valence-electron chi connectivity index (χ0n) is 18.0. The van der Waals surface area contributed by atoms with Gasteiger partial charge in [-0.3, -0.25) is 4.79 Å². The highest BCUT2D eigenvalue weighted by Gasteiger charge is 2.42. The SMILES string of the molecule is CCNC(=NCc1cc(C(=O)OC)c(C)o1)NCC1(C(=O)N(C)C)CCCC1.I.